The minimum absolute atomic E-state index is 0.0160. The molecule has 3 heterocycles. The maximum atomic E-state index is 13.1. The molecule has 1 unspecified atom stereocenters. The Hall–Kier alpha value is -2.92. The van der Waals surface area contributed by atoms with Gasteiger partial charge in [0, 0.05) is 12.6 Å². The van der Waals surface area contributed by atoms with Crippen LogP contribution < -0.4 is 11.0 Å². The van der Waals surface area contributed by atoms with Gasteiger partial charge in [-0.2, -0.15) is 4.31 Å². The number of sulfonamides is 1. The maximum Gasteiger partial charge on any atom is 0.323 e. The van der Waals surface area contributed by atoms with Crippen molar-refractivity contribution < 1.29 is 17.7 Å². The molecular formula is C16H17N5O5S. The summed E-state index contributed by atoms with van der Waals surface area (Å²) in [7, 11) is -3.91. The number of imidazole rings is 1. The van der Waals surface area contributed by atoms with Crippen LogP contribution in [0.4, 0.5) is 5.82 Å². The van der Waals surface area contributed by atoms with Crippen molar-refractivity contribution in [1.82, 2.24) is 19.4 Å². The number of benzene rings is 1. The molecule has 1 fully saturated rings. The van der Waals surface area contributed by atoms with Crippen molar-refractivity contribution >= 4 is 32.8 Å². The van der Waals surface area contributed by atoms with Crippen LogP contribution in [0.1, 0.15) is 18.6 Å². The number of nitrogens with zero attached hydrogens (tertiary/aromatic N) is 2. The van der Waals surface area contributed by atoms with Gasteiger partial charge < -0.3 is 19.8 Å². The van der Waals surface area contributed by atoms with Crippen LogP contribution in [0.5, 0.6) is 0 Å². The Bertz CT molecular complexity index is 1180. The number of aryl methyl sites for hydroxylation is 1. The van der Waals surface area contributed by atoms with Gasteiger partial charge in [-0.3, -0.25) is 4.79 Å². The summed E-state index contributed by atoms with van der Waals surface area (Å²) in [4.78, 5) is 29.1. The van der Waals surface area contributed by atoms with E-state index in [1.807, 2.05) is 0 Å². The Morgan fingerprint density at radius 2 is 2.07 bits per heavy atom. The molecule has 1 atom stereocenters. The van der Waals surface area contributed by atoms with E-state index in [0.29, 0.717) is 29.6 Å². The summed E-state index contributed by atoms with van der Waals surface area (Å²) in [6.07, 6.45) is 0.976. The molecule has 1 saturated heterocycles. The number of rotatable bonds is 4. The third kappa shape index (κ3) is 3.15. The monoisotopic (exact) mass is 391 g/mol. The van der Waals surface area contributed by atoms with Gasteiger partial charge in [0.25, 0.3) is 0 Å². The molecule has 1 aromatic carbocycles. The highest BCUT2D eigenvalue weighted by atomic mass is 32.2. The molecule has 27 heavy (non-hydrogen) atoms. The number of aromatic amines is 2. The molecule has 3 N–H and O–H groups in total. The van der Waals surface area contributed by atoms with Gasteiger partial charge in [0.2, 0.25) is 15.9 Å². The highest BCUT2D eigenvalue weighted by Gasteiger charge is 2.39. The number of carbonyl (C=O) groups is 1. The molecule has 1 aliphatic rings. The first-order valence-electron chi connectivity index (χ1n) is 8.33. The second-order valence-corrected chi connectivity index (χ2v) is 8.26. The number of nitrogens with one attached hydrogen (secondary N) is 3. The average Bonchev–Trinajstić information content (AvgIpc) is 3.32. The average molecular weight is 391 g/mol. The first-order chi connectivity index (χ1) is 12.8. The van der Waals surface area contributed by atoms with Crippen molar-refractivity contribution in [2.75, 3.05) is 11.9 Å². The van der Waals surface area contributed by atoms with Crippen LogP contribution in [0.25, 0.3) is 11.0 Å². The number of H-pyrrole nitrogens is 2. The van der Waals surface area contributed by atoms with Crippen LogP contribution in [0.3, 0.4) is 0 Å². The van der Waals surface area contributed by atoms with E-state index in [9.17, 15) is 18.0 Å². The highest BCUT2D eigenvalue weighted by molar-refractivity contribution is 7.89. The van der Waals surface area contributed by atoms with Crippen molar-refractivity contribution in [2.24, 2.45) is 0 Å². The second kappa shape index (κ2) is 6.35. The van der Waals surface area contributed by atoms with Crippen molar-refractivity contribution in [3.05, 3.63) is 40.5 Å². The standard InChI is InChI=1S/C16H17N5O5S/c1-9-7-14(20-26-9)19-15(22)13-3-2-6-21(13)27(24,25)10-4-5-11-12(8-10)18-16(23)17-11/h4-5,7-8,13H,2-3,6H2,1H3,(H2,17,18,23)(H,19,20,22). The lowest BCUT2D eigenvalue weighted by molar-refractivity contribution is -0.119. The lowest BCUT2D eigenvalue weighted by Gasteiger charge is -2.23. The van der Waals surface area contributed by atoms with Gasteiger partial charge in [0.15, 0.2) is 5.82 Å². The van der Waals surface area contributed by atoms with Crippen LogP contribution >= 0.6 is 0 Å². The first kappa shape index (κ1) is 17.5. The molecule has 142 valence electrons. The topological polar surface area (TPSA) is 141 Å². The van der Waals surface area contributed by atoms with Crippen LogP contribution in [0, 0.1) is 6.92 Å². The Labute approximate surface area is 153 Å². The number of aromatic nitrogens is 3. The van der Waals surface area contributed by atoms with Gasteiger partial charge in [-0.15, -0.1) is 0 Å². The molecule has 2 aromatic heterocycles. The first-order valence-corrected chi connectivity index (χ1v) is 9.77. The Kier molecular flexibility index (Phi) is 4.12. The van der Waals surface area contributed by atoms with E-state index < -0.39 is 27.7 Å². The van der Waals surface area contributed by atoms with Crippen molar-refractivity contribution in [3.8, 4) is 0 Å². The summed E-state index contributed by atoms with van der Waals surface area (Å²) < 4.78 is 32.2. The Morgan fingerprint density at radius 3 is 2.81 bits per heavy atom. The molecule has 1 amide bonds. The van der Waals surface area contributed by atoms with Crippen LogP contribution in [-0.4, -0.2) is 46.3 Å². The van der Waals surface area contributed by atoms with Crippen LogP contribution in [0.15, 0.2) is 38.5 Å². The molecule has 10 nitrogen and oxygen atoms in total. The zero-order valence-electron chi connectivity index (χ0n) is 14.4. The molecule has 0 radical (unpaired) electrons. The lowest BCUT2D eigenvalue weighted by Crippen LogP contribution is -2.43. The Morgan fingerprint density at radius 1 is 1.30 bits per heavy atom. The normalized spacial score (nSPS) is 18.2. The fraction of sp³-hybridized carbons (Fsp3) is 0.312. The van der Waals surface area contributed by atoms with E-state index in [2.05, 4.69) is 20.4 Å². The van der Waals surface area contributed by atoms with E-state index in [0.717, 1.165) is 0 Å². The van der Waals surface area contributed by atoms with Crippen molar-refractivity contribution in [1.29, 1.82) is 0 Å². The number of fused-ring (bicyclic) bond motifs is 1. The number of hydrogen-bond donors (Lipinski definition) is 3. The zero-order chi connectivity index (χ0) is 19.2. The molecule has 0 aliphatic carbocycles. The van der Waals surface area contributed by atoms with Gasteiger partial charge in [-0.25, -0.2) is 13.2 Å². The quantitative estimate of drug-likeness (QED) is 0.604. The predicted octanol–water partition coefficient (Wildman–Crippen LogP) is 0.944. The SMILES string of the molecule is Cc1cc(NC(=O)C2CCCN2S(=O)(=O)c2ccc3[nH]c(=O)[nH]c3c2)no1. The summed E-state index contributed by atoms with van der Waals surface area (Å²) >= 11 is 0. The lowest BCUT2D eigenvalue weighted by atomic mass is 10.2. The molecule has 11 heteroatoms. The highest BCUT2D eigenvalue weighted by Crippen LogP contribution is 2.28. The minimum Gasteiger partial charge on any atom is -0.360 e. The third-order valence-electron chi connectivity index (χ3n) is 4.48. The molecule has 0 saturated carbocycles. The smallest absolute Gasteiger partial charge is 0.323 e. The summed E-state index contributed by atoms with van der Waals surface area (Å²) in [5.41, 5.74) is 0.483. The number of anilines is 1. The van der Waals surface area contributed by atoms with E-state index in [1.165, 1.54) is 22.5 Å². The molecule has 0 bridgehead atoms. The fourth-order valence-corrected chi connectivity index (χ4v) is 4.92. The van der Waals surface area contributed by atoms with E-state index >= 15 is 0 Å². The van der Waals surface area contributed by atoms with Crippen LogP contribution in [-0.2, 0) is 14.8 Å². The zero-order valence-corrected chi connectivity index (χ0v) is 15.2. The molecule has 3 aromatic rings. The second-order valence-electron chi connectivity index (χ2n) is 6.37. The third-order valence-corrected chi connectivity index (χ3v) is 6.38. The number of hydrogen-bond acceptors (Lipinski definition) is 6. The molecule has 0 spiro atoms. The van der Waals surface area contributed by atoms with E-state index in [-0.39, 0.29) is 17.3 Å². The molecule has 4 rings (SSSR count). The number of amides is 1. The maximum absolute atomic E-state index is 13.1. The largest absolute Gasteiger partial charge is 0.360 e. The van der Waals surface area contributed by atoms with Crippen molar-refractivity contribution in [2.45, 2.75) is 30.7 Å². The van der Waals surface area contributed by atoms with Crippen LogP contribution in [0.2, 0.25) is 0 Å². The minimum atomic E-state index is -3.91. The van der Waals surface area contributed by atoms with Gasteiger partial charge in [-0.1, -0.05) is 5.16 Å². The summed E-state index contributed by atoms with van der Waals surface area (Å²) in [5, 5.41) is 6.29. The van der Waals surface area contributed by atoms with Gasteiger partial charge in [-0.05, 0) is 38.0 Å². The Balaban J connectivity index is 1.62. The van der Waals surface area contributed by atoms with Gasteiger partial charge in [0.1, 0.15) is 11.8 Å². The molecular weight excluding hydrogens is 374 g/mol. The fourth-order valence-electron chi connectivity index (χ4n) is 3.23. The number of carbonyl (C=O) groups excluding carboxylic acids is 1. The summed E-state index contributed by atoms with van der Waals surface area (Å²) in [6.45, 7) is 1.93. The van der Waals surface area contributed by atoms with Gasteiger partial charge in [0.05, 0.1) is 15.9 Å². The van der Waals surface area contributed by atoms with E-state index in [1.54, 1.807) is 13.0 Å². The van der Waals surface area contributed by atoms with E-state index in [4.69, 9.17) is 4.52 Å². The molecule has 1 aliphatic heterocycles. The summed E-state index contributed by atoms with van der Waals surface area (Å²) in [5.74, 6) is 0.323. The predicted molar refractivity (Wildman–Crippen MR) is 95.7 cm³/mol. The van der Waals surface area contributed by atoms with Gasteiger partial charge >= 0.3 is 5.69 Å². The summed E-state index contributed by atoms with van der Waals surface area (Å²) in [6, 6.07) is 5.03. The van der Waals surface area contributed by atoms with Crippen molar-refractivity contribution in [3.63, 3.8) is 0 Å².